The molecule has 0 aliphatic carbocycles. The number of hydrogen-bond acceptors (Lipinski definition) is 3. The van der Waals surface area contributed by atoms with Gasteiger partial charge in [0.05, 0.1) is 5.69 Å². The number of nitrogens with zero attached hydrogens (tertiary/aromatic N) is 3. The second-order valence-electron chi connectivity index (χ2n) is 5.99. The number of hydrogen-bond donors (Lipinski definition) is 1. The maximum Gasteiger partial charge on any atom is 0.182 e. The zero-order chi connectivity index (χ0) is 14.3. The first-order valence-electron chi connectivity index (χ1n) is 6.67. The van der Waals surface area contributed by atoms with E-state index in [0.717, 1.165) is 5.56 Å². The van der Waals surface area contributed by atoms with Gasteiger partial charge in [0, 0.05) is 11.8 Å². The van der Waals surface area contributed by atoms with Crippen LogP contribution in [-0.2, 0) is 5.41 Å². The predicted molar refractivity (Wildman–Crippen MR) is 81.5 cm³/mol. The van der Waals surface area contributed by atoms with E-state index in [2.05, 4.69) is 55.1 Å². The molecule has 3 aromatic rings. The molecule has 4 heteroatoms. The van der Waals surface area contributed by atoms with E-state index < -0.39 is 0 Å². The van der Waals surface area contributed by atoms with Crippen molar-refractivity contribution < 1.29 is 0 Å². The van der Waals surface area contributed by atoms with Crippen molar-refractivity contribution in [1.29, 1.82) is 0 Å². The minimum absolute atomic E-state index is 0.148. The summed E-state index contributed by atoms with van der Waals surface area (Å²) in [5.41, 5.74) is 9.68. The summed E-state index contributed by atoms with van der Waals surface area (Å²) >= 11 is 0. The number of rotatable bonds is 1. The zero-order valence-electron chi connectivity index (χ0n) is 12.0. The van der Waals surface area contributed by atoms with Crippen molar-refractivity contribution >= 4 is 11.3 Å². The van der Waals surface area contributed by atoms with Crippen LogP contribution in [-0.4, -0.2) is 14.6 Å². The Labute approximate surface area is 118 Å². The fourth-order valence-electron chi connectivity index (χ4n) is 2.17. The quantitative estimate of drug-likeness (QED) is 0.735. The first-order chi connectivity index (χ1) is 9.45. The van der Waals surface area contributed by atoms with Gasteiger partial charge in [-0.15, -0.1) is 5.10 Å². The van der Waals surface area contributed by atoms with Crippen molar-refractivity contribution in [3.05, 3.63) is 48.2 Å². The molecule has 2 aromatic heterocycles. The van der Waals surface area contributed by atoms with E-state index in [9.17, 15) is 0 Å². The molecule has 2 N–H and O–H groups in total. The van der Waals surface area contributed by atoms with Gasteiger partial charge in [0.25, 0.3) is 0 Å². The maximum atomic E-state index is 5.91. The second-order valence-corrected chi connectivity index (χ2v) is 5.99. The Hall–Kier alpha value is -2.36. The Morgan fingerprint density at radius 2 is 1.75 bits per heavy atom. The maximum absolute atomic E-state index is 5.91. The average molecular weight is 266 g/mol. The Bertz CT molecular complexity index is 748. The van der Waals surface area contributed by atoms with Crippen LogP contribution >= 0.6 is 0 Å². The van der Waals surface area contributed by atoms with Crippen molar-refractivity contribution in [2.75, 3.05) is 5.73 Å². The lowest BCUT2D eigenvalue weighted by Gasteiger charge is -2.18. The molecule has 4 nitrogen and oxygen atoms in total. The standard InChI is InChI=1S/C16H18N4/c1-16(2,3)12-8-6-11(7-9-12)14-18-15-13(17)5-4-10-20(15)19-14/h4-10H,17H2,1-3H3. The highest BCUT2D eigenvalue weighted by atomic mass is 15.3. The van der Waals surface area contributed by atoms with Crippen LogP contribution in [0.4, 0.5) is 5.69 Å². The molecule has 0 bridgehead atoms. The Morgan fingerprint density at radius 1 is 1.05 bits per heavy atom. The van der Waals surface area contributed by atoms with E-state index in [1.165, 1.54) is 5.56 Å². The van der Waals surface area contributed by atoms with E-state index >= 15 is 0 Å². The number of anilines is 1. The van der Waals surface area contributed by atoms with Crippen LogP contribution in [0.3, 0.4) is 0 Å². The van der Waals surface area contributed by atoms with Gasteiger partial charge in [-0.3, -0.25) is 0 Å². The Balaban J connectivity index is 2.05. The highest BCUT2D eigenvalue weighted by molar-refractivity contribution is 5.68. The number of benzene rings is 1. The van der Waals surface area contributed by atoms with Gasteiger partial charge in [-0.25, -0.2) is 9.50 Å². The van der Waals surface area contributed by atoms with Crippen molar-refractivity contribution in [3.63, 3.8) is 0 Å². The SMILES string of the molecule is CC(C)(C)c1ccc(-c2nc3c(N)cccn3n2)cc1. The predicted octanol–water partition coefficient (Wildman–Crippen LogP) is 3.28. The monoisotopic (exact) mass is 266 g/mol. The number of pyridine rings is 1. The van der Waals surface area contributed by atoms with E-state index in [1.54, 1.807) is 4.52 Å². The topological polar surface area (TPSA) is 56.2 Å². The van der Waals surface area contributed by atoms with E-state index in [-0.39, 0.29) is 5.41 Å². The second kappa shape index (κ2) is 4.34. The van der Waals surface area contributed by atoms with Gasteiger partial charge in [-0.1, -0.05) is 45.0 Å². The van der Waals surface area contributed by atoms with Gasteiger partial charge in [0.15, 0.2) is 11.5 Å². The molecule has 2 heterocycles. The lowest BCUT2D eigenvalue weighted by Crippen LogP contribution is -2.10. The summed E-state index contributed by atoms with van der Waals surface area (Å²) < 4.78 is 1.71. The molecule has 0 unspecified atom stereocenters. The summed E-state index contributed by atoms with van der Waals surface area (Å²) in [7, 11) is 0. The molecule has 0 saturated carbocycles. The molecule has 0 spiro atoms. The molecule has 3 rings (SSSR count). The van der Waals surface area contributed by atoms with Gasteiger partial charge in [-0.2, -0.15) is 0 Å². The fraction of sp³-hybridized carbons (Fsp3) is 0.250. The third-order valence-corrected chi connectivity index (χ3v) is 3.40. The molecule has 0 atom stereocenters. The number of fused-ring (bicyclic) bond motifs is 1. The summed E-state index contributed by atoms with van der Waals surface area (Å²) in [5, 5.41) is 4.46. The highest BCUT2D eigenvalue weighted by Crippen LogP contribution is 2.25. The average Bonchev–Trinajstić information content (AvgIpc) is 2.83. The lowest BCUT2D eigenvalue weighted by molar-refractivity contribution is 0.590. The molecule has 0 fully saturated rings. The minimum atomic E-state index is 0.148. The third kappa shape index (κ3) is 2.13. The summed E-state index contributed by atoms with van der Waals surface area (Å²) in [6.45, 7) is 6.60. The van der Waals surface area contributed by atoms with Gasteiger partial charge in [0.1, 0.15) is 0 Å². The van der Waals surface area contributed by atoms with Gasteiger partial charge in [-0.05, 0) is 23.1 Å². The number of nitrogen functional groups attached to an aromatic ring is 1. The summed E-state index contributed by atoms with van der Waals surface area (Å²) in [6.07, 6.45) is 1.85. The van der Waals surface area contributed by atoms with Gasteiger partial charge >= 0.3 is 0 Å². The van der Waals surface area contributed by atoms with Crippen LogP contribution in [0, 0.1) is 0 Å². The molecule has 0 amide bonds. The zero-order valence-corrected chi connectivity index (χ0v) is 12.0. The Morgan fingerprint density at radius 3 is 2.35 bits per heavy atom. The normalized spacial score (nSPS) is 11.9. The largest absolute Gasteiger partial charge is 0.396 e. The molecular formula is C16H18N4. The first kappa shape index (κ1) is 12.7. The van der Waals surface area contributed by atoms with E-state index in [0.29, 0.717) is 17.2 Å². The number of aromatic nitrogens is 3. The van der Waals surface area contributed by atoms with Crippen LogP contribution in [0.5, 0.6) is 0 Å². The first-order valence-corrected chi connectivity index (χ1v) is 6.67. The molecular weight excluding hydrogens is 248 g/mol. The van der Waals surface area contributed by atoms with E-state index in [4.69, 9.17) is 5.73 Å². The summed E-state index contributed by atoms with van der Waals surface area (Å²) in [4.78, 5) is 4.50. The third-order valence-electron chi connectivity index (χ3n) is 3.40. The molecule has 0 aliphatic heterocycles. The molecule has 102 valence electrons. The summed E-state index contributed by atoms with van der Waals surface area (Å²) in [6, 6.07) is 12.1. The molecule has 0 radical (unpaired) electrons. The Kier molecular flexibility index (Phi) is 2.74. The van der Waals surface area contributed by atoms with Crippen LogP contribution < -0.4 is 5.73 Å². The van der Waals surface area contributed by atoms with Gasteiger partial charge < -0.3 is 5.73 Å². The molecule has 0 aliphatic rings. The van der Waals surface area contributed by atoms with Crippen LogP contribution in [0.2, 0.25) is 0 Å². The van der Waals surface area contributed by atoms with E-state index in [1.807, 2.05) is 18.3 Å². The lowest BCUT2D eigenvalue weighted by atomic mass is 9.87. The van der Waals surface area contributed by atoms with Gasteiger partial charge in [0.2, 0.25) is 0 Å². The van der Waals surface area contributed by atoms with Crippen molar-refractivity contribution in [2.45, 2.75) is 26.2 Å². The summed E-state index contributed by atoms with van der Waals surface area (Å²) in [5.74, 6) is 0.698. The van der Waals surface area contributed by atoms with Crippen molar-refractivity contribution in [1.82, 2.24) is 14.6 Å². The fourth-order valence-corrected chi connectivity index (χ4v) is 2.17. The number of nitrogens with two attached hydrogens (primary N) is 1. The van der Waals surface area contributed by atoms with Crippen molar-refractivity contribution in [2.24, 2.45) is 0 Å². The van der Waals surface area contributed by atoms with Crippen LogP contribution in [0.25, 0.3) is 17.0 Å². The highest BCUT2D eigenvalue weighted by Gasteiger charge is 2.14. The van der Waals surface area contributed by atoms with Crippen LogP contribution in [0.1, 0.15) is 26.3 Å². The molecule has 0 saturated heterocycles. The van der Waals surface area contributed by atoms with Crippen molar-refractivity contribution in [3.8, 4) is 11.4 Å². The van der Waals surface area contributed by atoms with Crippen LogP contribution in [0.15, 0.2) is 42.6 Å². The molecule has 20 heavy (non-hydrogen) atoms. The minimum Gasteiger partial charge on any atom is -0.396 e. The molecule has 1 aromatic carbocycles. The smallest absolute Gasteiger partial charge is 0.182 e.